The van der Waals surface area contributed by atoms with Crippen LogP contribution in [0.3, 0.4) is 0 Å². The molecule has 2 aliphatic rings. The lowest BCUT2D eigenvalue weighted by Gasteiger charge is -2.43. The fourth-order valence-corrected chi connectivity index (χ4v) is 5.82. The SMILES string of the molecule is Cc1cc(C2(O)CC3CCCC(C2)S3=O)ccc1C#N. The lowest BCUT2D eigenvalue weighted by molar-refractivity contribution is 0.00649. The van der Waals surface area contributed by atoms with Crippen molar-refractivity contribution in [2.45, 2.75) is 55.1 Å². The first-order chi connectivity index (χ1) is 9.53. The highest BCUT2D eigenvalue weighted by Gasteiger charge is 2.46. The summed E-state index contributed by atoms with van der Waals surface area (Å²) in [6, 6.07) is 7.71. The van der Waals surface area contributed by atoms with E-state index in [4.69, 9.17) is 5.26 Å². The normalized spacial score (nSPS) is 36.4. The zero-order valence-corrected chi connectivity index (χ0v) is 12.4. The Morgan fingerprint density at radius 1 is 1.35 bits per heavy atom. The van der Waals surface area contributed by atoms with Gasteiger partial charge in [0.1, 0.15) is 0 Å². The fourth-order valence-electron chi connectivity index (χ4n) is 3.60. The van der Waals surface area contributed by atoms with Gasteiger partial charge in [-0.25, -0.2) is 0 Å². The van der Waals surface area contributed by atoms with Crippen molar-refractivity contribution in [1.29, 1.82) is 5.26 Å². The molecular weight excluding hydrogens is 270 g/mol. The van der Waals surface area contributed by atoms with E-state index in [0.29, 0.717) is 18.4 Å². The van der Waals surface area contributed by atoms with Gasteiger partial charge in [0, 0.05) is 21.3 Å². The quantitative estimate of drug-likeness (QED) is 0.864. The molecule has 0 saturated carbocycles. The molecule has 2 atom stereocenters. The van der Waals surface area contributed by atoms with Crippen LogP contribution in [0.2, 0.25) is 0 Å². The molecule has 0 aliphatic carbocycles. The Morgan fingerprint density at radius 3 is 2.55 bits per heavy atom. The maximum atomic E-state index is 12.3. The summed E-state index contributed by atoms with van der Waals surface area (Å²) in [5.74, 6) is 0. The van der Waals surface area contributed by atoms with Gasteiger partial charge in [-0.15, -0.1) is 0 Å². The molecule has 2 saturated heterocycles. The maximum absolute atomic E-state index is 12.3. The van der Waals surface area contributed by atoms with Crippen LogP contribution in [0.1, 0.15) is 48.8 Å². The molecule has 3 rings (SSSR count). The van der Waals surface area contributed by atoms with E-state index in [1.807, 2.05) is 19.1 Å². The summed E-state index contributed by atoms with van der Waals surface area (Å²) in [4.78, 5) is 0. The molecule has 0 aromatic heterocycles. The van der Waals surface area contributed by atoms with E-state index in [1.165, 1.54) is 0 Å². The molecule has 4 heteroatoms. The van der Waals surface area contributed by atoms with Crippen LogP contribution in [-0.2, 0) is 16.4 Å². The summed E-state index contributed by atoms with van der Waals surface area (Å²) in [7, 11) is -0.780. The smallest absolute Gasteiger partial charge is 0.0994 e. The summed E-state index contributed by atoms with van der Waals surface area (Å²) < 4.78 is 12.3. The van der Waals surface area contributed by atoms with E-state index < -0.39 is 16.4 Å². The standard InChI is InChI=1S/C16H19NO2S/c1-11-7-13(6-5-12(11)10-17)16(18)8-14-3-2-4-15(9-16)20(14)19/h5-7,14-15,18H,2-4,8-9H2,1H3. The summed E-state index contributed by atoms with van der Waals surface area (Å²) in [6.07, 6.45) is 4.22. The number of hydrogen-bond donors (Lipinski definition) is 1. The van der Waals surface area contributed by atoms with E-state index in [-0.39, 0.29) is 10.5 Å². The fraction of sp³-hybridized carbons (Fsp3) is 0.562. The van der Waals surface area contributed by atoms with Crippen LogP contribution in [0, 0.1) is 18.3 Å². The minimum Gasteiger partial charge on any atom is -0.385 e. The van der Waals surface area contributed by atoms with Crippen molar-refractivity contribution in [3.63, 3.8) is 0 Å². The third kappa shape index (κ3) is 2.19. The number of aliphatic hydroxyl groups is 1. The number of hydrogen-bond acceptors (Lipinski definition) is 3. The van der Waals surface area contributed by atoms with Gasteiger partial charge in [0.2, 0.25) is 0 Å². The van der Waals surface area contributed by atoms with Gasteiger partial charge in [0.15, 0.2) is 0 Å². The second-order valence-corrected chi connectivity index (χ2v) is 8.08. The van der Waals surface area contributed by atoms with Crippen molar-refractivity contribution in [3.05, 3.63) is 34.9 Å². The number of aryl methyl sites for hydroxylation is 1. The molecule has 2 unspecified atom stereocenters. The molecule has 0 amide bonds. The van der Waals surface area contributed by atoms with E-state index in [9.17, 15) is 9.32 Å². The largest absolute Gasteiger partial charge is 0.385 e. The first-order valence-corrected chi connectivity index (χ1v) is 8.44. The molecule has 2 aliphatic heterocycles. The highest BCUT2D eigenvalue weighted by Crippen LogP contribution is 2.44. The van der Waals surface area contributed by atoms with Gasteiger partial charge in [0.05, 0.1) is 17.2 Å². The van der Waals surface area contributed by atoms with Gasteiger partial charge in [-0.3, -0.25) is 4.21 Å². The van der Waals surface area contributed by atoms with Crippen LogP contribution in [0.5, 0.6) is 0 Å². The van der Waals surface area contributed by atoms with E-state index in [2.05, 4.69) is 6.07 Å². The average molecular weight is 289 g/mol. The van der Waals surface area contributed by atoms with Gasteiger partial charge < -0.3 is 5.11 Å². The number of nitriles is 1. The number of nitrogens with zero attached hydrogens (tertiary/aromatic N) is 1. The van der Waals surface area contributed by atoms with Gasteiger partial charge >= 0.3 is 0 Å². The zero-order valence-electron chi connectivity index (χ0n) is 11.6. The van der Waals surface area contributed by atoms with Crippen LogP contribution in [-0.4, -0.2) is 19.8 Å². The molecule has 3 nitrogen and oxygen atoms in total. The molecule has 0 radical (unpaired) electrons. The third-order valence-electron chi connectivity index (χ3n) is 4.72. The van der Waals surface area contributed by atoms with Crippen molar-refractivity contribution in [2.75, 3.05) is 0 Å². The molecule has 2 fully saturated rings. The minimum absolute atomic E-state index is 0.128. The molecule has 1 N–H and O–H groups in total. The average Bonchev–Trinajstić information content (AvgIpc) is 2.41. The Bertz CT molecular complexity index is 589. The molecule has 106 valence electrons. The molecule has 20 heavy (non-hydrogen) atoms. The van der Waals surface area contributed by atoms with Gasteiger partial charge in [0.25, 0.3) is 0 Å². The molecular formula is C16H19NO2S. The van der Waals surface area contributed by atoms with Gasteiger partial charge in [-0.2, -0.15) is 5.26 Å². The van der Waals surface area contributed by atoms with Crippen molar-refractivity contribution < 1.29 is 9.32 Å². The topological polar surface area (TPSA) is 61.1 Å². The van der Waals surface area contributed by atoms with Crippen molar-refractivity contribution in [1.82, 2.24) is 0 Å². The Morgan fingerprint density at radius 2 is 2.00 bits per heavy atom. The van der Waals surface area contributed by atoms with Crippen molar-refractivity contribution in [3.8, 4) is 6.07 Å². The third-order valence-corrected chi connectivity index (χ3v) is 6.84. The van der Waals surface area contributed by atoms with Crippen LogP contribution in [0.4, 0.5) is 0 Å². The highest BCUT2D eigenvalue weighted by molar-refractivity contribution is 7.86. The summed E-state index contributed by atoms with van der Waals surface area (Å²) in [5.41, 5.74) is 1.55. The second kappa shape index (κ2) is 4.98. The van der Waals surface area contributed by atoms with E-state index in [0.717, 1.165) is 30.4 Å². The Labute approximate surface area is 122 Å². The predicted octanol–water partition coefficient (Wildman–Crippen LogP) is 2.52. The zero-order chi connectivity index (χ0) is 14.3. The summed E-state index contributed by atoms with van der Waals surface area (Å²) >= 11 is 0. The molecule has 1 aromatic carbocycles. The Kier molecular flexibility index (Phi) is 3.43. The van der Waals surface area contributed by atoms with Crippen LogP contribution >= 0.6 is 0 Å². The van der Waals surface area contributed by atoms with Gasteiger partial charge in [-0.05, 0) is 49.8 Å². The maximum Gasteiger partial charge on any atom is 0.0994 e. The van der Waals surface area contributed by atoms with E-state index in [1.54, 1.807) is 6.07 Å². The van der Waals surface area contributed by atoms with Gasteiger partial charge in [-0.1, -0.05) is 18.6 Å². The van der Waals surface area contributed by atoms with Crippen LogP contribution in [0.15, 0.2) is 18.2 Å². The Hall–Kier alpha value is -1.18. The first-order valence-electron chi connectivity index (χ1n) is 7.16. The predicted molar refractivity (Wildman–Crippen MR) is 78.6 cm³/mol. The first kappa shape index (κ1) is 13.8. The monoisotopic (exact) mass is 289 g/mol. The minimum atomic E-state index is -0.873. The van der Waals surface area contributed by atoms with Crippen molar-refractivity contribution >= 4 is 10.8 Å². The summed E-state index contributed by atoms with van der Waals surface area (Å²) in [6.45, 7) is 1.90. The lowest BCUT2D eigenvalue weighted by atomic mass is 9.80. The van der Waals surface area contributed by atoms with Crippen molar-refractivity contribution in [2.24, 2.45) is 0 Å². The number of fused-ring (bicyclic) bond motifs is 2. The molecule has 2 heterocycles. The van der Waals surface area contributed by atoms with Crippen LogP contribution in [0.25, 0.3) is 0 Å². The second-order valence-electron chi connectivity index (χ2n) is 6.08. The highest BCUT2D eigenvalue weighted by atomic mass is 32.2. The number of rotatable bonds is 1. The molecule has 2 bridgehead atoms. The van der Waals surface area contributed by atoms with E-state index >= 15 is 0 Å². The lowest BCUT2D eigenvalue weighted by Crippen LogP contribution is -2.47. The number of benzene rings is 1. The molecule has 0 spiro atoms. The van der Waals surface area contributed by atoms with Crippen LogP contribution < -0.4 is 0 Å². The molecule has 1 aromatic rings. The Balaban J connectivity index is 1.95. The summed E-state index contributed by atoms with van der Waals surface area (Å²) in [5, 5.41) is 20.3.